The van der Waals surface area contributed by atoms with Crippen LogP contribution in [-0.2, 0) is 17.5 Å². The first kappa shape index (κ1) is 22.8. The second-order valence-corrected chi connectivity index (χ2v) is 13.9. The van der Waals surface area contributed by atoms with Crippen molar-refractivity contribution in [1.82, 2.24) is 4.90 Å². The minimum Gasteiger partial charge on any atom is -0.413 e. The van der Waals surface area contributed by atoms with E-state index in [4.69, 9.17) is 4.43 Å². The summed E-state index contributed by atoms with van der Waals surface area (Å²) < 4.78 is 6.69. The molecule has 4 heteroatoms. The van der Waals surface area contributed by atoms with Crippen LogP contribution in [0, 0.1) is 0 Å². The summed E-state index contributed by atoms with van der Waals surface area (Å²) in [7, 11) is -1.89. The first-order valence-electron chi connectivity index (χ1n) is 10.3. The van der Waals surface area contributed by atoms with Crippen molar-refractivity contribution >= 4 is 8.32 Å². The van der Waals surface area contributed by atoms with Gasteiger partial charge >= 0.3 is 0 Å². The van der Waals surface area contributed by atoms with Crippen LogP contribution < -0.4 is 0 Å². The van der Waals surface area contributed by atoms with E-state index in [1.807, 2.05) is 0 Å². The number of aliphatic hydroxyl groups is 1. The number of hydrogen-bond acceptors (Lipinski definition) is 3. The van der Waals surface area contributed by atoms with Gasteiger partial charge in [-0.25, -0.2) is 0 Å². The van der Waals surface area contributed by atoms with Gasteiger partial charge in [0.1, 0.15) is 0 Å². The third kappa shape index (κ3) is 7.17. The maximum Gasteiger partial charge on any atom is 0.192 e. The Balaban J connectivity index is 2.17. The molecule has 2 rings (SSSR count). The summed E-state index contributed by atoms with van der Waals surface area (Å²) >= 11 is 0. The van der Waals surface area contributed by atoms with Crippen LogP contribution in [0.1, 0.15) is 38.3 Å². The Kier molecular flexibility index (Phi) is 8.44. The molecule has 0 aromatic heterocycles. The summed E-state index contributed by atoms with van der Waals surface area (Å²) in [5.74, 6) is 0. The third-order valence-electron chi connectivity index (χ3n) is 5.68. The molecule has 2 aromatic rings. The largest absolute Gasteiger partial charge is 0.413 e. The van der Waals surface area contributed by atoms with E-state index in [9.17, 15) is 5.11 Å². The fraction of sp³-hybridized carbons (Fsp3) is 0.500. The van der Waals surface area contributed by atoms with E-state index in [1.165, 1.54) is 11.1 Å². The molecule has 0 aliphatic carbocycles. The van der Waals surface area contributed by atoms with Gasteiger partial charge in [-0.15, -0.1) is 0 Å². The second kappa shape index (κ2) is 10.4. The first-order valence-corrected chi connectivity index (χ1v) is 13.2. The van der Waals surface area contributed by atoms with E-state index in [-0.39, 0.29) is 17.7 Å². The average Bonchev–Trinajstić information content (AvgIpc) is 2.62. The molecule has 0 bridgehead atoms. The number of benzene rings is 2. The lowest BCUT2D eigenvalue weighted by molar-refractivity contribution is 0.0883. The Hall–Kier alpha value is -1.46. The van der Waals surface area contributed by atoms with Crippen molar-refractivity contribution in [2.45, 2.75) is 64.5 Å². The normalized spacial score (nSPS) is 13.7. The predicted octanol–water partition coefficient (Wildman–Crippen LogP) is 5.46. The smallest absolute Gasteiger partial charge is 0.192 e. The highest BCUT2D eigenvalue weighted by atomic mass is 28.4. The first-order chi connectivity index (χ1) is 13.2. The van der Waals surface area contributed by atoms with Crippen molar-refractivity contribution in [1.29, 1.82) is 0 Å². The molecule has 0 spiro atoms. The zero-order valence-corrected chi connectivity index (χ0v) is 19.2. The van der Waals surface area contributed by atoms with Gasteiger partial charge in [0.05, 0.1) is 6.10 Å². The van der Waals surface area contributed by atoms with Crippen molar-refractivity contribution < 1.29 is 9.53 Å². The fourth-order valence-electron chi connectivity index (χ4n) is 3.08. The minimum absolute atomic E-state index is 0.0401. The molecule has 0 aliphatic rings. The highest BCUT2D eigenvalue weighted by Gasteiger charge is 2.39. The topological polar surface area (TPSA) is 32.7 Å². The Labute approximate surface area is 172 Å². The molecular formula is C24H37NO2Si. The van der Waals surface area contributed by atoms with E-state index in [0.717, 1.165) is 19.6 Å². The van der Waals surface area contributed by atoms with Gasteiger partial charge in [0.15, 0.2) is 8.32 Å². The van der Waals surface area contributed by atoms with Crippen LogP contribution in [0.2, 0.25) is 18.1 Å². The lowest BCUT2D eigenvalue weighted by atomic mass is 10.1. The number of hydrogen-bond donors (Lipinski definition) is 1. The molecule has 0 aliphatic heterocycles. The van der Waals surface area contributed by atoms with Crippen molar-refractivity contribution in [2.24, 2.45) is 0 Å². The van der Waals surface area contributed by atoms with Crippen molar-refractivity contribution in [3.05, 3.63) is 71.8 Å². The monoisotopic (exact) mass is 399 g/mol. The fourth-order valence-corrected chi connectivity index (χ4v) is 4.46. The summed E-state index contributed by atoms with van der Waals surface area (Å²) in [6.45, 7) is 14.1. The standard InChI is InChI=1S/C24H37NO2Si/c1-24(2,3)28(4,5)27-23(16-17-26)20-25(18-21-12-8-6-9-13-21)19-22-14-10-7-11-15-22/h6-15,23,26H,16-20H2,1-5H3. The van der Waals surface area contributed by atoms with Crippen LogP contribution in [0.4, 0.5) is 0 Å². The second-order valence-electron chi connectivity index (χ2n) is 9.15. The van der Waals surface area contributed by atoms with E-state index >= 15 is 0 Å². The Bertz CT molecular complexity index is 641. The molecule has 1 atom stereocenters. The third-order valence-corrected chi connectivity index (χ3v) is 10.2. The minimum atomic E-state index is -1.89. The number of aliphatic hydroxyl groups excluding tert-OH is 1. The van der Waals surface area contributed by atoms with Crippen LogP contribution in [-0.4, -0.2) is 37.6 Å². The molecule has 0 fully saturated rings. The van der Waals surface area contributed by atoms with Crippen LogP contribution in [0.15, 0.2) is 60.7 Å². The van der Waals surface area contributed by atoms with Gasteiger partial charge in [-0.3, -0.25) is 4.90 Å². The Morgan fingerprint density at radius 2 is 1.36 bits per heavy atom. The molecule has 0 saturated carbocycles. The molecule has 3 nitrogen and oxygen atoms in total. The summed E-state index contributed by atoms with van der Waals surface area (Å²) in [6.07, 6.45) is 0.713. The van der Waals surface area contributed by atoms with E-state index in [2.05, 4.69) is 99.4 Å². The van der Waals surface area contributed by atoms with Gasteiger partial charge in [0.25, 0.3) is 0 Å². The molecule has 2 aromatic carbocycles. The van der Waals surface area contributed by atoms with E-state index in [0.29, 0.717) is 6.42 Å². The van der Waals surface area contributed by atoms with Crippen molar-refractivity contribution in [2.75, 3.05) is 13.2 Å². The van der Waals surface area contributed by atoms with Crippen LogP contribution in [0.3, 0.4) is 0 Å². The van der Waals surface area contributed by atoms with Gasteiger partial charge in [-0.1, -0.05) is 81.4 Å². The van der Waals surface area contributed by atoms with E-state index < -0.39 is 8.32 Å². The molecule has 0 radical (unpaired) electrons. The number of nitrogens with zero attached hydrogens (tertiary/aromatic N) is 1. The zero-order valence-electron chi connectivity index (χ0n) is 18.2. The van der Waals surface area contributed by atoms with E-state index in [1.54, 1.807) is 0 Å². The lowest BCUT2D eigenvalue weighted by Crippen LogP contribution is -2.47. The van der Waals surface area contributed by atoms with Crippen molar-refractivity contribution in [3.63, 3.8) is 0 Å². The maximum atomic E-state index is 9.65. The average molecular weight is 400 g/mol. The number of rotatable bonds is 10. The zero-order chi connectivity index (χ0) is 20.6. The summed E-state index contributed by atoms with van der Waals surface area (Å²) in [5, 5.41) is 9.80. The Morgan fingerprint density at radius 1 is 0.893 bits per heavy atom. The molecule has 154 valence electrons. The SMILES string of the molecule is CC(C)(C)[Si](C)(C)OC(CCO)CN(Cc1ccccc1)Cc1ccccc1. The lowest BCUT2D eigenvalue weighted by Gasteiger charge is -2.40. The molecule has 0 heterocycles. The highest BCUT2D eigenvalue weighted by molar-refractivity contribution is 6.74. The van der Waals surface area contributed by atoms with Crippen LogP contribution >= 0.6 is 0 Å². The predicted molar refractivity (Wildman–Crippen MR) is 121 cm³/mol. The summed E-state index contributed by atoms with van der Waals surface area (Å²) in [5.41, 5.74) is 2.60. The molecule has 1 N–H and O–H groups in total. The maximum absolute atomic E-state index is 9.65. The van der Waals surface area contributed by atoms with Gasteiger partial charge in [-0.2, -0.15) is 0 Å². The molecule has 0 amide bonds. The van der Waals surface area contributed by atoms with Crippen LogP contribution in [0.25, 0.3) is 0 Å². The van der Waals surface area contributed by atoms with Gasteiger partial charge < -0.3 is 9.53 Å². The summed E-state index contributed by atoms with van der Waals surface area (Å²) in [6, 6.07) is 21.2. The summed E-state index contributed by atoms with van der Waals surface area (Å²) in [4.78, 5) is 2.44. The molecule has 0 saturated heterocycles. The van der Waals surface area contributed by atoms with Gasteiger partial charge in [-0.05, 0) is 35.7 Å². The Morgan fingerprint density at radius 3 is 1.75 bits per heavy atom. The molecular weight excluding hydrogens is 362 g/mol. The van der Waals surface area contributed by atoms with Gasteiger partial charge in [0, 0.05) is 26.2 Å². The molecule has 1 unspecified atom stereocenters. The van der Waals surface area contributed by atoms with Crippen LogP contribution in [0.5, 0.6) is 0 Å². The quantitative estimate of drug-likeness (QED) is 0.538. The van der Waals surface area contributed by atoms with Gasteiger partial charge in [0.2, 0.25) is 0 Å². The highest BCUT2D eigenvalue weighted by Crippen LogP contribution is 2.37. The van der Waals surface area contributed by atoms with Crippen molar-refractivity contribution in [3.8, 4) is 0 Å². The molecule has 28 heavy (non-hydrogen) atoms.